The molecule has 0 bridgehead atoms. The van der Waals surface area contributed by atoms with Gasteiger partial charge < -0.3 is 25.0 Å². The molecule has 1 spiro atoms. The van der Waals surface area contributed by atoms with E-state index in [-0.39, 0.29) is 17.9 Å². The van der Waals surface area contributed by atoms with E-state index in [1.54, 1.807) is 18.2 Å². The maximum absolute atomic E-state index is 11.8. The number of carboxylic acids is 2. The predicted octanol–water partition coefficient (Wildman–Crippen LogP) is 0.831. The van der Waals surface area contributed by atoms with Crippen LogP contribution in [0.4, 0.5) is 5.95 Å². The lowest BCUT2D eigenvalue weighted by molar-refractivity contribution is -0.144. The number of piperidine rings is 1. The van der Waals surface area contributed by atoms with Crippen LogP contribution >= 0.6 is 0 Å². The van der Waals surface area contributed by atoms with Gasteiger partial charge in [-0.3, -0.25) is 9.59 Å². The second-order valence-corrected chi connectivity index (χ2v) is 7.27. The zero-order valence-corrected chi connectivity index (χ0v) is 14.8. The molecule has 2 saturated heterocycles. The fourth-order valence-electron chi connectivity index (χ4n) is 4.30. The molecule has 1 unspecified atom stereocenters. The first kappa shape index (κ1) is 17.3. The van der Waals surface area contributed by atoms with E-state index >= 15 is 0 Å². The molecule has 3 N–H and O–H groups in total. The lowest BCUT2D eigenvalue weighted by Crippen LogP contribution is -2.56. The Labute approximate surface area is 154 Å². The van der Waals surface area contributed by atoms with Crippen molar-refractivity contribution in [1.29, 1.82) is 0 Å². The standard InChI is InChI=1S/C18H20N4O5/c1-21-13-3-2-10(15(24)25)8-12(13)19-17(21)22-6-4-18(5-7-22)11(16(26)27)9-14(23)20-18/h2-3,8,11H,4-7,9H2,1H3,(H,20,23)(H,24,25)(H,26,27). The van der Waals surface area contributed by atoms with Crippen LogP contribution in [-0.2, 0) is 16.6 Å². The number of carbonyl (C=O) groups excluding carboxylic acids is 1. The maximum Gasteiger partial charge on any atom is 0.335 e. The Morgan fingerprint density at radius 2 is 1.96 bits per heavy atom. The molecule has 1 aromatic carbocycles. The zero-order chi connectivity index (χ0) is 19.3. The van der Waals surface area contributed by atoms with Crippen LogP contribution in [0.2, 0.25) is 0 Å². The molecular formula is C18H20N4O5. The summed E-state index contributed by atoms with van der Waals surface area (Å²) in [6.07, 6.45) is 1.08. The molecule has 2 aliphatic rings. The van der Waals surface area contributed by atoms with Gasteiger partial charge in [0.05, 0.1) is 28.1 Å². The number of imidazole rings is 1. The van der Waals surface area contributed by atoms with Crippen molar-refractivity contribution in [2.24, 2.45) is 13.0 Å². The van der Waals surface area contributed by atoms with Gasteiger partial charge in [0.25, 0.3) is 0 Å². The van der Waals surface area contributed by atoms with E-state index in [0.717, 1.165) is 5.52 Å². The Morgan fingerprint density at radius 1 is 1.26 bits per heavy atom. The van der Waals surface area contributed by atoms with Crippen molar-refractivity contribution in [3.63, 3.8) is 0 Å². The summed E-state index contributed by atoms with van der Waals surface area (Å²) in [5, 5.41) is 21.5. The van der Waals surface area contributed by atoms with E-state index in [9.17, 15) is 19.5 Å². The molecule has 0 radical (unpaired) electrons. The number of aromatic carboxylic acids is 1. The van der Waals surface area contributed by atoms with Crippen molar-refractivity contribution in [3.05, 3.63) is 23.8 Å². The summed E-state index contributed by atoms with van der Waals surface area (Å²) in [4.78, 5) is 41.2. The summed E-state index contributed by atoms with van der Waals surface area (Å²) < 4.78 is 1.90. The predicted molar refractivity (Wildman–Crippen MR) is 95.7 cm³/mol. The second-order valence-electron chi connectivity index (χ2n) is 7.27. The molecule has 2 aliphatic heterocycles. The minimum absolute atomic E-state index is 0.0274. The first-order valence-corrected chi connectivity index (χ1v) is 8.79. The van der Waals surface area contributed by atoms with Crippen molar-refractivity contribution in [1.82, 2.24) is 14.9 Å². The Balaban J connectivity index is 1.60. The number of carboxylic acid groups (broad SMARTS) is 2. The fraction of sp³-hybridized carbons (Fsp3) is 0.444. The molecule has 0 saturated carbocycles. The Kier molecular flexibility index (Phi) is 3.83. The van der Waals surface area contributed by atoms with Crippen LogP contribution < -0.4 is 10.2 Å². The molecule has 9 heteroatoms. The third-order valence-electron chi connectivity index (χ3n) is 5.79. The Hall–Kier alpha value is -3.10. The molecule has 2 fully saturated rings. The number of rotatable bonds is 3. The number of nitrogens with one attached hydrogen (secondary N) is 1. The largest absolute Gasteiger partial charge is 0.481 e. The first-order chi connectivity index (χ1) is 12.8. The number of carbonyl (C=O) groups is 3. The van der Waals surface area contributed by atoms with Gasteiger partial charge in [0.2, 0.25) is 11.9 Å². The number of nitrogens with zero attached hydrogens (tertiary/aromatic N) is 3. The summed E-state index contributed by atoms with van der Waals surface area (Å²) in [5.41, 5.74) is 0.918. The molecule has 27 heavy (non-hydrogen) atoms. The molecule has 3 heterocycles. The van der Waals surface area contributed by atoms with Crippen LogP contribution in [-0.4, -0.2) is 56.2 Å². The van der Waals surface area contributed by atoms with E-state index in [1.807, 2.05) is 11.6 Å². The molecule has 142 valence electrons. The number of amides is 1. The van der Waals surface area contributed by atoms with Gasteiger partial charge in [-0.15, -0.1) is 0 Å². The molecule has 1 aromatic heterocycles. The quantitative estimate of drug-likeness (QED) is 0.729. The summed E-state index contributed by atoms with van der Waals surface area (Å²) in [7, 11) is 1.87. The molecule has 1 amide bonds. The monoisotopic (exact) mass is 372 g/mol. The van der Waals surface area contributed by atoms with Gasteiger partial charge in [0.1, 0.15) is 0 Å². The summed E-state index contributed by atoms with van der Waals surface area (Å²) in [5.74, 6) is -2.14. The summed E-state index contributed by atoms with van der Waals surface area (Å²) in [6.45, 7) is 1.13. The summed E-state index contributed by atoms with van der Waals surface area (Å²) in [6, 6.07) is 4.83. The smallest absolute Gasteiger partial charge is 0.335 e. The van der Waals surface area contributed by atoms with Crippen molar-refractivity contribution in [3.8, 4) is 0 Å². The van der Waals surface area contributed by atoms with Crippen LogP contribution in [0.1, 0.15) is 29.6 Å². The SMILES string of the molecule is Cn1c(N2CCC3(CC2)NC(=O)CC3C(=O)O)nc2cc(C(=O)O)ccc21. The van der Waals surface area contributed by atoms with E-state index in [2.05, 4.69) is 15.2 Å². The number of aromatic nitrogens is 2. The molecule has 1 atom stereocenters. The lowest BCUT2D eigenvalue weighted by Gasteiger charge is -2.41. The van der Waals surface area contributed by atoms with Gasteiger partial charge in [-0.2, -0.15) is 0 Å². The van der Waals surface area contributed by atoms with Crippen molar-refractivity contribution >= 4 is 34.8 Å². The third-order valence-corrected chi connectivity index (χ3v) is 5.79. The Morgan fingerprint density at radius 3 is 2.59 bits per heavy atom. The van der Waals surface area contributed by atoms with Gasteiger partial charge in [0.15, 0.2) is 0 Å². The van der Waals surface area contributed by atoms with Gasteiger partial charge in [0, 0.05) is 26.6 Å². The Bertz CT molecular complexity index is 958. The zero-order valence-electron chi connectivity index (χ0n) is 14.8. The second kappa shape index (κ2) is 5.97. The van der Waals surface area contributed by atoms with Crippen molar-refractivity contribution in [2.45, 2.75) is 24.8 Å². The number of anilines is 1. The van der Waals surface area contributed by atoms with E-state index in [1.165, 1.54) is 0 Å². The highest BCUT2D eigenvalue weighted by molar-refractivity contribution is 5.93. The molecule has 0 aliphatic carbocycles. The van der Waals surface area contributed by atoms with Crippen LogP contribution in [0, 0.1) is 5.92 Å². The van der Waals surface area contributed by atoms with Crippen LogP contribution in [0.25, 0.3) is 11.0 Å². The molecule has 4 rings (SSSR count). The average molecular weight is 372 g/mol. The molecular weight excluding hydrogens is 352 g/mol. The van der Waals surface area contributed by atoms with Gasteiger partial charge in [-0.05, 0) is 31.0 Å². The van der Waals surface area contributed by atoms with Gasteiger partial charge >= 0.3 is 11.9 Å². The highest BCUT2D eigenvalue weighted by Gasteiger charge is 2.51. The maximum atomic E-state index is 11.8. The number of fused-ring (bicyclic) bond motifs is 1. The minimum atomic E-state index is -0.999. The number of aryl methyl sites for hydroxylation is 1. The average Bonchev–Trinajstić information content (AvgIpc) is 3.13. The number of hydrogen-bond acceptors (Lipinski definition) is 5. The van der Waals surface area contributed by atoms with E-state index < -0.39 is 23.4 Å². The van der Waals surface area contributed by atoms with Crippen LogP contribution in [0.5, 0.6) is 0 Å². The fourth-order valence-corrected chi connectivity index (χ4v) is 4.30. The minimum Gasteiger partial charge on any atom is -0.481 e. The normalized spacial score (nSPS) is 21.6. The van der Waals surface area contributed by atoms with Crippen molar-refractivity contribution < 1.29 is 24.6 Å². The van der Waals surface area contributed by atoms with Gasteiger partial charge in [-0.25, -0.2) is 9.78 Å². The lowest BCUT2D eigenvalue weighted by atomic mass is 9.78. The number of aliphatic carboxylic acids is 1. The van der Waals surface area contributed by atoms with E-state index in [4.69, 9.17) is 5.11 Å². The molecule has 2 aromatic rings. The number of hydrogen-bond donors (Lipinski definition) is 3. The topological polar surface area (TPSA) is 125 Å². The van der Waals surface area contributed by atoms with Crippen molar-refractivity contribution in [2.75, 3.05) is 18.0 Å². The highest BCUT2D eigenvalue weighted by Crippen LogP contribution is 2.38. The summed E-state index contributed by atoms with van der Waals surface area (Å²) >= 11 is 0. The molecule has 9 nitrogen and oxygen atoms in total. The van der Waals surface area contributed by atoms with Crippen LogP contribution in [0.15, 0.2) is 18.2 Å². The third kappa shape index (κ3) is 2.70. The number of benzene rings is 1. The highest BCUT2D eigenvalue weighted by atomic mass is 16.4. The van der Waals surface area contributed by atoms with E-state index in [0.29, 0.717) is 37.4 Å². The van der Waals surface area contributed by atoms with Gasteiger partial charge in [-0.1, -0.05) is 0 Å². The van der Waals surface area contributed by atoms with Crippen LogP contribution in [0.3, 0.4) is 0 Å². The first-order valence-electron chi connectivity index (χ1n) is 8.79.